The van der Waals surface area contributed by atoms with Crippen molar-refractivity contribution in [3.05, 3.63) is 54.1 Å². The van der Waals surface area contributed by atoms with Gasteiger partial charge in [0.2, 0.25) is 0 Å². The molecular weight excluding hydrogens is 366 g/mol. The second kappa shape index (κ2) is 8.82. The highest BCUT2D eigenvalue weighted by atomic mass is 32.1. The van der Waals surface area contributed by atoms with Crippen LogP contribution < -0.4 is 15.0 Å². The van der Waals surface area contributed by atoms with Gasteiger partial charge in [0.1, 0.15) is 5.75 Å². The minimum absolute atomic E-state index is 0.160. The van der Waals surface area contributed by atoms with Gasteiger partial charge in [-0.2, -0.15) is 0 Å². The number of hydrogen-bond acceptors (Lipinski definition) is 3. The van der Waals surface area contributed by atoms with E-state index < -0.39 is 0 Å². The predicted octanol–water partition coefficient (Wildman–Crippen LogP) is 4.90. The summed E-state index contributed by atoms with van der Waals surface area (Å²) in [5.41, 5.74) is 3.70. The minimum atomic E-state index is 0.160. The topological polar surface area (TPSA) is 27.7 Å². The van der Waals surface area contributed by atoms with Gasteiger partial charge in [-0.3, -0.25) is 0 Å². The first kappa shape index (κ1) is 20.5. The Morgan fingerprint density at radius 2 is 1.64 bits per heavy atom. The Kier molecular flexibility index (Phi) is 6.45. The summed E-state index contributed by atoms with van der Waals surface area (Å²) >= 11 is 5.66. The molecule has 0 aliphatic carbocycles. The van der Waals surface area contributed by atoms with Gasteiger partial charge in [-0.25, -0.2) is 0 Å². The third-order valence-electron chi connectivity index (χ3n) is 5.07. The van der Waals surface area contributed by atoms with Gasteiger partial charge < -0.3 is 19.9 Å². The average molecular weight is 398 g/mol. The van der Waals surface area contributed by atoms with Crippen LogP contribution in [0.2, 0.25) is 0 Å². The van der Waals surface area contributed by atoms with Crippen molar-refractivity contribution in [2.45, 2.75) is 33.1 Å². The SMILES string of the molecule is CCOc1ccccc1N1CCN(C(=S)Nc2ccc(C(C)(C)C)cc2)CC1. The van der Waals surface area contributed by atoms with Gasteiger partial charge in [-0.15, -0.1) is 0 Å². The van der Waals surface area contributed by atoms with Gasteiger partial charge in [0.25, 0.3) is 0 Å². The maximum atomic E-state index is 5.78. The van der Waals surface area contributed by atoms with Crippen LogP contribution in [0, 0.1) is 0 Å². The molecule has 0 saturated carbocycles. The summed E-state index contributed by atoms with van der Waals surface area (Å²) < 4.78 is 5.78. The number of anilines is 2. The smallest absolute Gasteiger partial charge is 0.173 e. The number of piperazine rings is 1. The van der Waals surface area contributed by atoms with Crippen LogP contribution in [-0.4, -0.2) is 42.8 Å². The number of thiocarbonyl (C=S) groups is 1. The molecule has 1 heterocycles. The molecule has 1 aliphatic heterocycles. The zero-order valence-electron chi connectivity index (χ0n) is 17.4. The molecule has 3 rings (SSSR count). The summed E-state index contributed by atoms with van der Waals surface area (Å²) in [6, 6.07) is 16.8. The fraction of sp³-hybridized carbons (Fsp3) is 0.435. The van der Waals surface area contributed by atoms with Gasteiger partial charge in [0.05, 0.1) is 12.3 Å². The van der Waals surface area contributed by atoms with E-state index in [2.05, 4.69) is 72.3 Å². The molecule has 0 bridgehead atoms. The number of para-hydroxylation sites is 2. The number of ether oxygens (including phenoxy) is 1. The lowest BCUT2D eigenvalue weighted by Gasteiger charge is -2.38. The van der Waals surface area contributed by atoms with Crippen LogP contribution in [0.4, 0.5) is 11.4 Å². The molecule has 5 heteroatoms. The maximum Gasteiger partial charge on any atom is 0.173 e. The Bertz CT molecular complexity index is 790. The number of nitrogens with zero attached hydrogens (tertiary/aromatic N) is 2. The fourth-order valence-electron chi connectivity index (χ4n) is 3.40. The van der Waals surface area contributed by atoms with Crippen LogP contribution in [-0.2, 0) is 5.41 Å². The summed E-state index contributed by atoms with van der Waals surface area (Å²) in [6.07, 6.45) is 0. The predicted molar refractivity (Wildman–Crippen MR) is 123 cm³/mol. The van der Waals surface area contributed by atoms with Crippen molar-refractivity contribution in [3.63, 3.8) is 0 Å². The van der Waals surface area contributed by atoms with E-state index in [9.17, 15) is 0 Å². The van der Waals surface area contributed by atoms with E-state index in [0.29, 0.717) is 6.61 Å². The van der Waals surface area contributed by atoms with Crippen LogP contribution >= 0.6 is 12.2 Å². The number of rotatable bonds is 4. The molecule has 1 saturated heterocycles. The van der Waals surface area contributed by atoms with E-state index in [1.54, 1.807) is 0 Å². The van der Waals surface area contributed by atoms with Crippen LogP contribution in [0.5, 0.6) is 5.75 Å². The van der Waals surface area contributed by atoms with Crippen molar-refractivity contribution in [2.24, 2.45) is 0 Å². The Morgan fingerprint density at radius 1 is 1.00 bits per heavy atom. The zero-order valence-corrected chi connectivity index (χ0v) is 18.2. The first-order valence-electron chi connectivity index (χ1n) is 10.0. The first-order valence-corrected chi connectivity index (χ1v) is 10.4. The lowest BCUT2D eigenvalue weighted by molar-refractivity contribution is 0.336. The van der Waals surface area contributed by atoms with Gasteiger partial charge >= 0.3 is 0 Å². The van der Waals surface area contributed by atoms with Crippen LogP contribution in [0.1, 0.15) is 33.3 Å². The summed E-state index contributed by atoms with van der Waals surface area (Å²) in [6.45, 7) is 13.0. The second-order valence-electron chi connectivity index (χ2n) is 8.13. The Balaban J connectivity index is 1.57. The third kappa shape index (κ3) is 4.96. The third-order valence-corrected chi connectivity index (χ3v) is 5.44. The van der Waals surface area contributed by atoms with Crippen molar-refractivity contribution >= 4 is 28.7 Å². The van der Waals surface area contributed by atoms with Crippen LogP contribution in [0.15, 0.2) is 48.5 Å². The highest BCUT2D eigenvalue weighted by Crippen LogP contribution is 2.29. The highest BCUT2D eigenvalue weighted by Gasteiger charge is 2.21. The molecule has 1 aliphatic rings. The summed E-state index contributed by atoms with van der Waals surface area (Å²) in [7, 11) is 0. The van der Waals surface area contributed by atoms with Gasteiger partial charge in [0, 0.05) is 31.9 Å². The van der Waals surface area contributed by atoms with Crippen molar-refractivity contribution in [3.8, 4) is 5.75 Å². The molecule has 2 aromatic rings. The molecule has 150 valence electrons. The summed E-state index contributed by atoms with van der Waals surface area (Å²) in [4.78, 5) is 4.62. The molecule has 4 nitrogen and oxygen atoms in total. The number of hydrogen-bond donors (Lipinski definition) is 1. The zero-order chi connectivity index (χ0) is 20.1. The minimum Gasteiger partial charge on any atom is -0.492 e. The summed E-state index contributed by atoms with van der Waals surface area (Å²) in [5, 5.41) is 4.18. The largest absolute Gasteiger partial charge is 0.492 e. The molecular formula is C23H31N3OS. The Morgan fingerprint density at radius 3 is 2.25 bits per heavy atom. The van der Waals surface area contributed by atoms with Crippen LogP contribution in [0.25, 0.3) is 0 Å². The van der Waals surface area contributed by atoms with E-state index in [0.717, 1.165) is 42.7 Å². The molecule has 0 unspecified atom stereocenters. The van der Waals surface area contributed by atoms with E-state index in [4.69, 9.17) is 17.0 Å². The molecule has 28 heavy (non-hydrogen) atoms. The van der Waals surface area contributed by atoms with E-state index >= 15 is 0 Å². The van der Waals surface area contributed by atoms with E-state index in [1.807, 2.05) is 19.1 Å². The van der Waals surface area contributed by atoms with Crippen molar-refractivity contribution in [1.29, 1.82) is 0 Å². The van der Waals surface area contributed by atoms with Gasteiger partial charge in [-0.05, 0) is 54.4 Å². The average Bonchev–Trinajstić information content (AvgIpc) is 2.68. The normalized spacial score (nSPS) is 14.7. The Hall–Kier alpha value is -2.27. The fourth-order valence-corrected chi connectivity index (χ4v) is 3.70. The number of nitrogens with one attached hydrogen (secondary N) is 1. The quantitative estimate of drug-likeness (QED) is 0.741. The summed E-state index contributed by atoms with van der Waals surface area (Å²) in [5.74, 6) is 0.957. The van der Waals surface area contributed by atoms with E-state index in [1.165, 1.54) is 11.3 Å². The van der Waals surface area contributed by atoms with E-state index in [-0.39, 0.29) is 5.41 Å². The lowest BCUT2D eigenvalue weighted by atomic mass is 9.87. The van der Waals surface area contributed by atoms with Crippen LogP contribution in [0.3, 0.4) is 0 Å². The lowest BCUT2D eigenvalue weighted by Crippen LogP contribution is -2.50. The monoisotopic (exact) mass is 397 g/mol. The van der Waals surface area contributed by atoms with Crippen molar-refractivity contribution in [1.82, 2.24) is 4.90 Å². The molecule has 1 fully saturated rings. The maximum absolute atomic E-state index is 5.78. The number of benzene rings is 2. The standard InChI is InChI=1S/C23H31N3OS/c1-5-27-21-9-7-6-8-20(21)25-14-16-26(17-15-25)22(28)24-19-12-10-18(11-13-19)23(2,3)4/h6-13H,5,14-17H2,1-4H3,(H,24,28). The van der Waals surface area contributed by atoms with Crippen molar-refractivity contribution < 1.29 is 4.74 Å². The Labute approximate surface area is 174 Å². The molecule has 0 aromatic heterocycles. The molecule has 0 amide bonds. The van der Waals surface area contributed by atoms with Crippen molar-refractivity contribution in [2.75, 3.05) is 43.0 Å². The molecule has 2 aromatic carbocycles. The molecule has 0 spiro atoms. The highest BCUT2D eigenvalue weighted by molar-refractivity contribution is 7.80. The molecule has 0 atom stereocenters. The van der Waals surface area contributed by atoms with Gasteiger partial charge in [-0.1, -0.05) is 45.0 Å². The van der Waals surface area contributed by atoms with Gasteiger partial charge in [0.15, 0.2) is 5.11 Å². The molecule has 1 N–H and O–H groups in total. The molecule has 0 radical (unpaired) electrons. The second-order valence-corrected chi connectivity index (χ2v) is 8.52. The first-order chi connectivity index (χ1) is 13.4.